The summed E-state index contributed by atoms with van der Waals surface area (Å²) >= 11 is 0. The van der Waals surface area contributed by atoms with Crippen LogP contribution in [0.1, 0.15) is 12.6 Å². The van der Waals surface area contributed by atoms with Gasteiger partial charge >= 0.3 is 0 Å². The zero-order valence-electron chi connectivity index (χ0n) is 10.2. The fourth-order valence-electron chi connectivity index (χ4n) is 1.45. The summed E-state index contributed by atoms with van der Waals surface area (Å²) in [5.41, 5.74) is 1.83. The van der Waals surface area contributed by atoms with Gasteiger partial charge in [0.25, 0.3) is 0 Å². The highest BCUT2D eigenvalue weighted by atomic mass is 32.1. The summed E-state index contributed by atoms with van der Waals surface area (Å²) < 4.78 is 10.7. The molecule has 0 bridgehead atoms. The Hall–Kier alpha value is -1.27. The van der Waals surface area contributed by atoms with Crippen molar-refractivity contribution >= 4 is 24.4 Å². The van der Waals surface area contributed by atoms with Crippen molar-refractivity contribution in [1.29, 1.82) is 0 Å². The van der Waals surface area contributed by atoms with Gasteiger partial charge in [0, 0.05) is 19.0 Å². The quantitative estimate of drug-likeness (QED) is 0.905. The van der Waals surface area contributed by atoms with Crippen LogP contribution in [0.15, 0.2) is 12.3 Å². The van der Waals surface area contributed by atoms with Crippen molar-refractivity contribution < 1.29 is 9.47 Å². The number of H-pyrrole nitrogens is 1. The van der Waals surface area contributed by atoms with Gasteiger partial charge in [0.1, 0.15) is 6.61 Å². The Morgan fingerprint density at radius 2 is 2.24 bits per heavy atom. The van der Waals surface area contributed by atoms with E-state index in [1.165, 1.54) is 0 Å². The number of nitrogens with zero attached hydrogens (tertiary/aromatic N) is 2. The molecule has 0 spiro atoms. The smallest absolute Gasteiger partial charge is 0.224 e. The molecule has 0 aliphatic heterocycles. The third-order valence-electron chi connectivity index (χ3n) is 2.47. The minimum Gasteiger partial charge on any atom is -0.474 e. The normalized spacial score (nSPS) is 12.2. The zero-order chi connectivity index (χ0) is 11.5. The van der Waals surface area contributed by atoms with Gasteiger partial charge in [-0.15, -0.1) is 0 Å². The van der Waals surface area contributed by atoms with Crippen molar-refractivity contribution in [3.8, 4) is 5.88 Å². The van der Waals surface area contributed by atoms with Crippen LogP contribution in [-0.4, -0.2) is 35.0 Å². The highest BCUT2D eigenvalue weighted by Crippen LogP contribution is 2.24. The first kappa shape index (κ1) is 13.8. The van der Waals surface area contributed by atoms with E-state index in [0.29, 0.717) is 12.5 Å². The maximum Gasteiger partial charge on any atom is 0.224 e. The summed E-state index contributed by atoms with van der Waals surface area (Å²) in [4.78, 5) is 4.21. The second-order valence-corrected chi connectivity index (χ2v) is 3.72. The highest BCUT2D eigenvalue weighted by Gasteiger charge is 2.10. The second kappa shape index (κ2) is 5.88. The maximum atomic E-state index is 5.62. The van der Waals surface area contributed by atoms with Gasteiger partial charge < -0.3 is 9.47 Å². The molecular formula is C11H17N3O2S. The Balaban J connectivity index is 0.00000144. The molecule has 2 heterocycles. The van der Waals surface area contributed by atoms with Gasteiger partial charge in [-0.3, -0.25) is 5.10 Å². The summed E-state index contributed by atoms with van der Waals surface area (Å²) in [5, 5.41) is 8.00. The number of nitrogens with one attached hydrogen (secondary N) is 1. The van der Waals surface area contributed by atoms with E-state index in [-0.39, 0.29) is 19.6 Å². The third kappa shape index (κ3) is 2.89. The van der Waals surface area contributed by atoms with Gasteiger partial charge in [0.2, 0.25) is 5.88 Å². The number of rotatable bonds is 4. The summed E-state index contributed by atoms with van der Waals surface area (Å²) in [6, 6.07) is 1.85. The van der Waals surface area contributed by atoms with E-state index in [9.17, 15) is 0 Å². The molecule has 0 fully saturated rings. The van der Waals surface area contributed by atoms with Crippen molar-refractivity contribution in [2.24, 2.45) is 0 Å². The van der Waals surface area contributed by atoms with Crippen molar-refractivity contribution in [1.82, 2.24) is 15.2 Å². The molecule has 1 N–H and O–H groups in total. The average Bonchev–Trinajstić information content (AvgIpc) is 2.69. The van der Waals surface area contributed by atoms with E-state index >= 15 is 0 Å². The Bertz CT molecular complexity index is 487. The lowest BCUT2D eigenvalue weighted by atomic mass is 10.2. The molecule has 0 saturated carbocycles. The van der Waals surface area contributed by atoms with E-state index in [1.54, 1.807) is 13.3 Å². The fourth-order valence-corrected chi connectivity index (χ4v) is 1.45. The molecule has 2 aromatic rings. The van der Waals surface area contributed by atoms with Crippen LogP contribution in [0, 0.1) is 6.92 Å². The molecule has 0 amide bonds. The number of fused-ring (bicyclic) bond motifs is 1. The van der Waals surface area contributed by atoms with Crippen molar-refractivity contribution in [2.45, 2.75) is 20.0 Å². The summed E-state index contributed by atoms with van der Waals surface area (Å²) in [6.07, 6.45) is 1.74. The van der Waals surface area contributed by atoms with Crippen LogP contribution in [0.25, 0.3) is 10.9 Å². The minimum absolute atomic E-state index is 0. The molecule has 0 aliphatic carbocycles. The molecule has 6 heteroatoms. The lowest BCUT2D eigenvalue weighted by Gasteiger charge is -2.11. The van der Waals surface area contributed by atoms with Crippen LogP contribution in [-0.2, 0) is 4.74 Å². The predicted molar refractivity (Wildman–Crippen MR) is 71.0 cm³/mol. The molecule has 94 valence electrons. The molecular weight excluding hydrogens is 238 g/mol. The van der Waals surface area contributed by atoms with Crippen LogP contribution in [0.3, 0.4) is 0 Å². The number of methoxy groups -OCH3 is 1. The third-order valence-corrected chi connectivity index (χ3v) is 2.47. The number of ether oxygens (including phenoxy) is 2. The van der Waals surface area contributed by atoms with Gasteiger partial charge in [0.05, 0.1) is 17.0 Å². The van der Waals surface area contributed by atoms with Crippen molar-refractivity contribution in [3.05, 3.63) is 18.0 Å². The maximum absolute atomic E-state index is 5.62. The van der Waals surface area contributed by atoms with Gasteiger partial charge in [-0.05, 0) is 19.9 Å². The van der Waals surface area contributed by atoms with E-state index in [2.05, 4.69) is 15.2 Å². The SMILES string of the molecule is CO[C@@H](C)COc1nccc2n[nH]c(C)c12.S. The number of aryl methyl sites for hydroxylation is 1. The van der Waals surface area contributed by atoms with E-state index in [1.807, 2.05) is 19.9 Å². The second-order valence-electron chi connectivity index (χ2n) is 3.72. The minimum atomic E-state index is 0. The number of aromatic amines is 1. The topological polar surface area (TPSA) is 60.0 Å². The lowest BCUT2D eigenvalue weighted by Crippen LogP contribution is -2.16. The van der Waals surface area contributed by atoms with Crippen LogP contribution >= 0.6 is 13.5 Å². The van der Waals surface area contributed by atoms with Crippen LogP contribution < -0.4 is 4.74 Å². The number of hydrogen-bond acceptors (Lipinski definition) is 4. The lowest BCUT2D eigenvalue weighted by molar-refractivity contribution is 0.0706. The summed E-state index contributed by atoms with van der Waals surface area (Å²) in [5.74, 6) is 0.604. The molecule has 17 heavy (non-hydrogen) atoms. The standard InChI is InChI=1S/C11H15N3O2.H2S/c1-7(15-3)6-16-11-10-8(2)13-14-9(10)4-5-12-11;/h4-5,7H,6H2,1-3H3,(H,13,14);1H2/t7-;/m0./s1. The number of hydrogen-bond donors (Lipinski definition) is 1. The first-order valence-corrected chi connectivity index (χ1v) is 5.17. The monoisotopic (exact) mass is 255 g/mol. The molecule has 0 saturated heterocycles. The van der Waals surface area contributed by atoms with Crippen LogP contribution in [0.2, 0.25) is 0 Å². The Kier molecular flexibility index (Phi) is 4.77. The van der Waals surface area contributed by atoms with Crippen LogP contribution in [0.5, 0.6) is 5.88 Å². The van der Waals surface area contributed by atoms with Gasteiger partial charge in [-0.25, -0.2) is 4.98 Å². The Labute approximate surface area is 107 Å². The van der Waals surface area contributed by atoms with E-state index in [0.717, 1.165) is 16.6 Å². The first-order chi connectivity index (χ1) is 7.72. The predicted octanol–water partition coefficient (Wildman–Crippen LogP) is 1.79. The van der Waals surface area contributed by atoms with Crippen molar-refractivity contribution in [2.75, 3.05) is 13.7 Å². The largest absolute Gasteiger partial charge is 0.474 e. The molecule has 5 nitrogen and oxygen atoms in total. The molecule has 1 atom stereocenters. The molecule has 2 aromatic heterocycles. The molecule has 2 rings (SSSR count). The number of pyridine rings is 1. The highest BCUT2D eigenvalue weighted by molar-refractivity contribution is 7.59. The Morgan fingerprint density at radius 3 is 2.94 bits per heavy atom. The molecule has 0 aromatic carbocycles. The molecule has 0 unspecified atom stereocenters. The fraction of sp³-hybridized carbons (Fsp3) is 0.455. The van der Waals surface area contributed by atoms with Gasteiger partial charge in [-0.2, -0.15) is 18.6 Å². The van der Waals surface area contributed by atoms with Gasteiger partial charge in [-0.1, -0.05) is 0 Å². The van der Waals surface area contributed by atoms with E-state index in [4.69, 9.17) is 9.47 Å². The van der Waals surface area contributed by atoms with Crippen molar-refractivity contribution in [3.63, 3.8) is 0 Å². The first-order valence-electron chi connectivity index (χ1n) is 5.17. The molecule has 0 radical (unpaired) electrons. The van der Waals surface area contributed by atoms with E-state index < -0.39 is 0 Å². The summed E-state index contributed by atoms with van der Waals surface area (Å²) in [6.45, 7) is 4.37. The van der Waals surface area contributed by atoms with Crippen LogP contribution in [0.4, 0.5) is 0 Å². The zero-order valence-corrected chi connectivity index (χ0v) is 11.2. The molecule has 0 aliphatic rings. The average molecular weight is 255 g/mol. The summed E-state index contributed by atoms with van der Waals surface area (Å²) in [7, 11) is 1.66. The van der Waals surface area contributed by atoms with Gasteiger partial charge in [0.15, 0.2) is 0 Å². The Morgan fingerprint density at radius 1 is 1.47 bits per heavy atom. The number of aromatic nitrogens is 3.